The molecule has 0 saturated heterocycles. The van der Waals surface area contributed by atoms with E-state index in [0.29, 0.717) is 12.2 Å². The lowest BCUT2D eigenvalue weighted by atomic mass is 10.1. The summed E-state index contributed by atoms with van der Waals surface area (Å²) in [7, 11) is 0. The summed E-state index contributed by atoms with van der Waals surface area (Å²) in [6, 6.07) is 1.70. The largest absolute Gasteiger partial charge is 0.347 e. The zero-order valence-corrected chi connectivity index (χ0v) is 10.2. The SMILES string of the molecule is CCCCC(CN)NC(=O)c1ccn[nH]1.Cl. The van der Waals surface area contributed by atoms with Gasteiger partial charge in [0, 0.05) is 18.8 Å². The molecule has 1 unspecified atom stereocenters. The Morgan fingerprint density at radius 2 is 2.44 bits per heavy atom. The lowest BCUT2D eigenvalue weighted by Crippen LogP contribution is -2.40. The van der Waals surface area contributed by atoms with Gasteiger partial charge in [-0.1, -0.05) is 19.8 Å². The lowest BCUT2D eigenvalue weighted by Gasteiger charge is -2.15. The maximum atomic E-state index is 11.6. The fourth-order valence-corrected chi connectivity index (χ4v) is 1.34. The second-order valence-corrected chi connectivity index (χ2v) is 3.52. The van der Waals surface area contributed by atoms with Gasteiger partial charge in [0.2, 0.25) is 0 Å². The molecule has 0 aromatic carbocycles. The van der Waals surface area contributed by atoms with Gasteiger partial charge in [-0.15, -0.1) is 12.4 Å². The summed E-state index contributed by atoms with van der Waals surface area (Å²) >= 11 is 0. The highest BCUT2D eigenvalue weighted by atomic mass is 35.5. The summed E-state index contributed by atoms with van der Waals surface area (Å²) < 4.78 is 0. The number of nitrogens with zero attached hydrogens (tertiary/aromatic N) is 1. The summed E-state index contributed by atoms with van der Waals surface area (Å²) in [5, 5.41) is 9.21. The number of rotatable bonds is 6. The Balaban J connectivity index is 0.00000225. The van der Waals surface area contributed by atoms with Crippen LogP contribution in [-0.4, -0.2) is 28.7 Å². The molecule has 16 heavy (non-hydrogen) atoms. The maximum absolute atomic E-state index is 11.6. The van der Waals surface area contributed by atoms with Crippen LogP contribution in [0.2, 0.25) is 0 Å². The Morgan fingerprint density at radius 1 is 1.69 bits per heavy atom. The van der Waals surface area contributed by atoms with Gasteiger partial charge in [-0.2, -0.15) is 5.10 Å². The Bertz CT molecular complexity index is 289. The zero-order valence-electron chi connectivity index (χ0n) is 9.40. The topological polar surface area (TPSA) is 83.8 Å². The number of aromatic nitrogens is 2. The Labute approximate surface area is 102 Å². The van der Waals surface area contributed by atoms with Crippen LogP contribution in [0.4, 0.5) is 0 Å². The van der Waals surface area contributed by atoms with E-state index in [0.717, 1.165) is 19.3 Å². The first-order chi connectivity index (χ1) is 7.27. The first-order valence-corrected chi connectivity index (χ1v) is 5.28. The molecular formula is C10H19ClN4O. The first kappa shape index (κ1) is 14.9. The molecule has 1 heterocycles. The van der Waals surface area contributed by atoms with Crippen molar-refractivity contribution >= 4 is 18.3 Å². The molecule has 1 amide bonds. The standard InChI is InChI=1S/C10H18N4O.ClH/c1-2-3-4-8(7-11)13-10(15)9-5-6-12-14-9;/h5-6,8H,2-4,7,11H2,1H3,(H,12,14)(H,13,15);1H. The van der Waals surface area contributed by atoms with Crippen molar-refractivity contribution in [2.75, 3.05) is 6.54 Å². The number of aromatic amines is 1. The maximum Gasteiger partial charge on any atom is 0.269 e. The summed E-state index contributed by atoms with van der Waals surface area (Å²) in [5.74, 6) is -0.140. The van der Waals surface area contributed by atoms with E-state index in [2.05, 4.69) is 22.4 Å². The minimum atomic E-state index is -0.140. The van der Waals surface area contributed by atoms with Crippen LogP contribution in [-0.2, 0) is 0 Å². The summed E-state index contributed by atoms with van der Waals surface area (Å²) in [4.78, 5) is 11.6. The minimum Gasteiger partial charge on any atom is -0.347 e. The van der Waals surface area contributed by atoms with Crippen molar-refractivity contribution in [3.8, 4) is 0 Å². The van der Waals surface area contributed by atoms with E-state index < -0.39 is 0 Å². The molecule has 1 rings (SSSR count). The molecule has 0 bridgehead atoms. The molecule has 92 valence electrons. The van der Waals surface area contributed by atoms with Crippen molar-refractivity contribution in [2.24, 2.45) is 5.73 Å². The molecule has 6 heteroatoms. The number of carbonyl (C=O) groups is 1. The van der Waals surface area contributed by atoms with Crippen LogP contribution in [0.5, 0.6) is 0 Å². The molecule has 1 aromatic rings. The average Bonchev–Trinajstić information content (AvgIpc) is 2.77. The van der Waals surface area contributed by atoms with Crippen molar-refractivity contribution in [3.05, 3.63) is 18.0 Å². The fraction of sp³-hybridized carbons (Fsp3) is 0.600. The summed E-state index contributed by atoms with van der Waals surface area (Å²) in [5.41, 5.74) is 6.05. The highest BCUT2D eigenvalue weighted by Crippen LogP contribution is 2.00. The van der Waals surface area contributed by atoms with Crippen molar-refractivity contribution in [3.63, 3.8) is 0 Å². The molecule has 5 nitrogen and oxygen atoms in total. The Kier molecular flexibility index (Phi) is 7.58. The van der Waals surface area contributed by atoms with Gasteiger partial charge in [-0.05, 0) is 12.5 Å². The number of unbranched alkanes of at least 4 members (excludes halogenated alkanes) is 1. The predicted octanol–water partition coefficient (Wildman–Crippen LogP) is 1.08. The number of amides is 1. The third kappa shape index (κ3) is 4.63. The molecule has 0 spiro atoms. The van der Waals surface area contributed by atoms with E-state index in [1.807, 2.05) is 0 Å². The van der Waals surface area contributed by atoms with E-state index in [1.54, 1.807) is 12.3 Å². The van der Waals surface area contributed by atoms with E-state index >= 15 is 0 Å². The predicted molar refractivity (Wildman–Crippen MR) is 65.7 cm³/mol. The van der Waals surface area contributed by atoms with Gasteiger partial charge >= 0.3 is 0 Å². The molecule has 1 aromatic heterocycles. The third-order valence-corrected chi connectivity index (χ3v) is 2.27. The molecule has 4 N–H and O–H groups in total. The molecule has 0 aliphatic heterocycles. The van der Waals surface area contributed by atoms with E-state index in [4.69, 9.17) is 5.73 Å². The van der Waals surface area contributed by atoms with Crippen LogP contribution in [0.3, 0.4) is 0 Å². The van der Waals surface area contributed by atoms with Crippen molar-refractivity contribution in [2.45, 2.75) is 32.2 Å². The Hall–Kier alpha value is -1.07. The monoisotopic (exact) mass is 246 g/mol. The highest BCUT2D eigenvalue weighted by Gasteiger charge is 2.12. The second kappa shape index (κ2) is 8.13. The molecule has 0 aliphatic rings. The number of halogens is 1. The van der Waals surface area contributed by atoms with Gasteiger partial charge in [-0.3, -0.25) is 9.89 Å². The minimum absolute atomic E-state index is 0. The molecule has 0 saturated carbocycles. The van der Waals surface area contributed by atoms with E-state index in [-0.39, 0.29) is 24.4 Å². The second-order valence-electron chi connectivity index (χ2n) is 3.52. The van der Waals surface area contributed by atoms with Crippen LogP contribution >= 0.6 is 12.4 Å². The number of nitrogens with one attached hydrogen (secondary N) is 2. The third-order valence-electron chi connectivity index (χ3n) is 2.27. The van der Waals surface area contributed by atoms with Crippen molar-refractivity contribution in [1.82, 2.24) is 15.5 Å². The van der Waals surface area contributed by atoms with Crippen LogP contribution in [0.15, 0.2) is 12.3 Å². The molecule has 0 radical (unpaired) electrons. The van der Waals surface area contributed by atoms with Gasteiger partial charge in [0.15, 0.2) is 0 Å². The fourth-order valence-electron chi connectivity index (χ4n) is 1.34. The van der Waals surface area contributed by atoms with Gasteiger partial charge in [0.1, 0.15) is 5.69 Å². The number of carbonyl (C=O) groups excluding carboxylic acids is 1. The quantitative estimate of drug-likeness (QED) is 0.702. The number of H-pyrrole nitrogens is 1. The first-order valence-electron chi connectivity index (χ1n) is 5.28. The van der Waals surface area contributed by atoms with Gasteiger partial charge in [0.05, 0.1) is 0 Å². The number of hydrogen-bond acceptors (Lipinski definition) is 3. The van der Waals surface area contributed by atoms with Crippen LogP contribution in [0.1, 0.15) is 36.7 Å². The number of hydrogen-bond donors (Lipinski definition) is 3. The Morgan fingerprint density at radius 3 is 2.94 bits per heavy atom. The van der Waals surface area contributed by atoms with Crippen LogP contribution in [0.25, 0.3) is 0 Å². The van der Waals surface area contributed by atoms with Crippen molar-refractivity contribution in [1.29, 1.82) is 0 Å². The van der Waals surface area contributed by atoms with Gasteiger partial charge < -0.3 is 11.1 Å². The smallest absolute Gasteiger partial charge is 0.269 e. The van der Waals surface area contributed by atoms with Crippen LogP contribution < -0.4 is 11.1 Å². The number of nitrogens with two attached hydrogens (primary N) is 1. The normalized spacial score (nSPS) is 11.6. The highest BCUT2D eigenvalue weighted by molar-refractivity contribution is 5.92. The van der Waals surface area contributed by atoms with E-state index in [1.165, 1.54) is 0 Å². The van der Waals surface area contributed by atoms with Gasteiger partial charge in [0.25, 0.3) is 5.91 Å². The average molecular weight is 247 g/mol. The lowest BCUT2D eigenvalue weighted by molar-refractivity contribution is 0.0930. The zero-order chi connectivity index (χ0) is 11.1. The van der Waals surface area contributed by atoms with Crippen molar-refractivity contribution < 1.29 is 4.79 Å². The van der Waals surface area contributed by atoms with E-state index in [9.17, 15) is 4.79 Å². The summed E-state index contributed by atoms with van der Waals surface area (Å²) in [6.07, 6.45) is 4.66. The summed E-state index contributed by atoms with van der Waals surface area (Å²) in [6.45, 7) is 2.59. The molecule has 1 atom stereocenters. The molecule has 0 aliphatic carbocycles. The van der Waals surface area contributed by atoms with Crippen LogP contribution in [0, 0.1) is 0 Å². The molecule has 0 fully saturated rings. The van der Waals surface area contributed by atoms with Gasteiger partial charge in [-0.25, -0.2) is 0 Å². The molecular weight excluding hydrogens is 228 g/mol.